The van der Waals surface area contributed by atoms with Crippen LogP contribution in [0.4, 0.5) is 0 Å². The van der Waals surface area contributed by atoms with E-state index >= 15 is 0 Å². The third-order valence-corrected chi connectivity index (χ3v) is 3.32. The van der Waals surface area contributed by atoms with Crippen molar-refractivity contribution in [2.45, 2.75) is 18.6 Å². The largest absolute Gasteiger partial charge is 0.451 e. The Hall–Kier alpha value is -2.79. The van der Waals surface area contributed by atoms with Crippen LogP contribution in [-0.4, -0.2) is 35.3 Å². The molecule has 2 aromatic rings. The Morgan fingerprint density at radius 2 is 1.54 bits per heavy atom. The number of aliphatic hydroxyl groups excluding tert-OH is 1. The smallest absolute Gasteiger partial charge is 0.332 e. The third-order valence-electron chi connectivity index (χ3n) is 3.32. The number of esters is 1. The van der Waals surface area contributed by atoms with E-state index in [2.05, 4.69) is 4.99 Å². The number of ether oxygens (including phenoxy) is 1. The van der Waals surface area contributed by atoms with Gasteiger partial charge < -0.3 is 15.3 Å². The quantitative estimate of drug-likeness (QED) is 0.472. The van der Waals surface area contributed by atoms with Crippen LogP contribution in [0.3, 0.4) is 0 Å². The first-order valence-electron chi connectivity index (χ1n) is 7.24. The van der Waals surface area contributed by atoms with Crippen molar-refractivity contribution in [3.05, 3.63) is 71.8 Å². The van der Waals surface area contributed by atoms with Crippen LogP contribution in [0, 0.1) is 0 Å². The summed E-state index contributed by atoms with van der Waals surface area (Å²) in [4.78, 5) is 26.1. The van der Waals surface area contributed by atoms with Crippen molar-refractivity contribution >= 4 is 12.0 Å². The lowest BCUT2D eigenvalue weighted by Gasteiger charge is -2.20. The maximum absolute atomic E-state index is 12.3. The molecular formula is C18H19NO5. The highest BCUT2D eigenvalue weighted by Crippen LogP contribution is 2.26. The number of rotatable bonds is 7. The maximum atomic E-state index is 12.3. The Bertz CT molecular complexity index is 629. The van der Waals surface area contributed by atoms with Crippen LogP contribution in [0.25, 0.3) is 0 Å². The third kappa shape index (κ3) is 5.14. The van der Waals surface area contributed by atoms with E-state index in [9.17, 15) is 9.59 Å². The van der Waals surface area contributed by atoms with Gasteiger partial charge >= 0.3 is 5.97 Å². The number of hydrogen-bond donors (Lipinski definition) is 1. The van der Waals surface area contributed by atoms with E-state index in [1.54, 1.807) is 0 Å². The molecule has 2 aromatic carbocycles. The number of carbonyl (C=O) groups is 1. The highest BCUT2D eigenvalue weighted by atomic mass is 16.5. The van der Waals surface area contributed by atoms with Crippen molar-refractivity contribution in [1.29, 1.82) is 0 Å². The number of carbonyl (C=O) groups excluding carboxylic acids is 2. The second-order valence-electron chi connectivity index (χ2n) is 4.89. The average Bonchev–Trinajstić information content (AvgIpc) is 2.61. The first-order chi connectivity index (χ1) is 11.3. The molecule has 2 rings (SSSR count). The van der Waals surface area contributed by atoms with Crippen molar-refractivity contribution in [3.63, 3.8) is 0 Å². The molecule has 6 nitrogen and oxygen atoms in total. The van der Waals surface area contributed by atoms with Gasteiger partial charge in [-0.1, -0.05) is 60.7 Å². The zero-order valence-electron chi connectivity index (χ0n) is 13.0. The summed E-state index contributed by atoms with van der Waals surface area (Å²) in [5.41, 5.74) is 1.62. The standard InChI is InChI=1S/C18H17NO4.H2O/c20-12-11-16(19-13-21)18(22)23-17(14-7-3-1-4-8-14)15-9-5-2-6-10-15;/h1-10,16-17,20H,11-12H2;1H2. The fraction of sp³-hybridized carbons (Fsp3) is 0.222. The number of isocyanates is 1. The van der Waals surface area contributed by atoms with E-state index < -0.39 is 18.1 Å². The minimum absolute atomic E-state index is 0. The summed E-state index contributed by atoms with van der Waals surface area (Å²) in [6.07, 6.45) is 0.764. The second-order valence-corrected chi connectivity index (χ2v) is 4.89. The molecule has 0 aliphatic carbocycles. The molecule has 0 saturated heterocycles. The normalized spacial score (nSPS) is 11.1. The number of aliphatic hydroxyl groups is 1. The Labute approximate surface area is 139 Å². The van der Waals surface area contributed by atoms with Crippen LogP contribution >= 0.6 is 0 Å². The predicted molar refractivity (Wildman–Crippen MR) is 88.0 cm³/mol. The Balaban J connectivity index is 0.00000288. The van der Waals surface area contributed by atoms with Crippen LogP contribution in [0.5, 0.6) is 0 Å². The summed E-state index contributed by atoms with van der Waals surface area (Å²) in [7, 11) is 0. The van der Waals surface area contributed by atoms with Gasteiger partial charge in [-0.15, -0.1) is 0 Å². The summed E-state index contributed by atoms with van der Waals surface area (Å²) < 4.78 is 5.57. The average molecular weight is 329 g/mol. The molecule has 0 saturated carbocycles. The molecule has 0 fully saturated rings. The van der Waals surface area contributed by atoms with Crippen molar-refractivity contribution in [2.24, 2.45) is 4.99 Å². The lowest BCUT2D eigenvalue weighted by molar-refractivity contribution is -0.149. The number of aliphatic imine (C=N–C) groups is 1. The van der Waals surface area contributed by atoms with Gasteiger partial charge in [0.05, 0.1) is 0 Å². The molecular weight excluding hydrogens is 310 g/mol. The molecule has 0 aromatic heterocycles. The molecule has 0 aliphatic heterocycles. The Morgan fingerprint density at radius 3 is 1.96 bits per heavy atom. The highest BCUT2D eigenvalue weighted by Gasteiger charge is 2.25. The molecule has 0 heterocycles. The summed E-state index contributed by atoms with van der Waals surface area (Å²) in [6, 6.07) is 17.5. The van der Waals surface area contributed by atoms with Gasteiger partial charge in [0, 0.05) is 13.0 Å². The van der Waals surface area contributed by atoms with Crippen molar-refractivity contribution in [2.75, 3.05) is 6.61 Å². The van der Waals surface area contributed by atoms with Gasteiger partial charge in [0.1, 0.15) is 0 Å². The van der Waals surface area contributed by atoms with Crippen molar-refractivity contribution in [1.82, 2.24) is 0 Å². The number of hydrogen-bond acceptors (Lipinski definition) is 5. The van der Waals surface area contributed by atoms with E-state index in [0.717, 1.165) is 11.1 Å². The lowest BCUT2D eigenvalue weighted by Crippen LogP contribution is -2.25. The minimum Gasteiger partial charge on any atom is -0.451 e. The van der Waals surface area contributed by atoms with E-state index in [4.69, 9.17) is 9.84 Å². The van der Waals surface area contributed by atoms with E-state index in [0.29, 0.717) is 0 Å². The number of benzene rings is 2. The summed E-state index contributed by atoms with van der Waals surface area (Å²) in [5.74, 6) is -0.667. The van der Waals surface area contributed by atoms with Gasteiger partial charge in [0.15, 0.2) is 12.1 Å². The van der Waals surface area contributed by atoms with Crippen LogP contribution < -0.4 is 0 Å². The molecule has 24 heavy (non-hydrogen) atoms. The van der Waals surface area contributed by atoms with Gasteiger partial charge in [-0.05, 0) is 11.1 Å². The van der Waals surface area contributed by atoms with Gasteiger partial charge in [-0.2, -0.15) is 4.99 Å². The molecule has 126 valence electrons. The molecule has 0 aliphatic rings. The van der Waals surface area contributed by atoms with Gasteiger partial charge in [0.2, 0.25) is 6.08 Å². The zero-order chi connectivity index (χ0) is 16.5. The zero-order valence-corrected chi connectivity index (χ0v) is 13.0. The van der Waals surface area contributed by atoms with Gasteiger partial charge in [-0.3, -0.25) is 0 Å². The minimum atomic E-state index is -1.05. The lowest BCUT2D eigenvalue weighted by atomic mass is 10.0. The Morgan fingerprint density at radius 1 is 1.04 bits per heavy atom. The van der Waals surface area contributed by atoms with Crippen LogP contribution in [-0.2, 0) is 14.3 Å². The van der Waals surface area contributed by atoms with Gasteiger partial charge in [0.25, 0.3) is 0 Å². The summed E-state index contributed by atoms with van der Waals surface area (Å²) >= 11 is 0. The monoisotopic (exact) mass is 329 g/mol. The highest BCUT2D eigenvalue weighted by molar-refractivity contribution is 5.77. The predicted octanol–water partition coefficient (Wildman–Crippen LogP) is 1.58. The van der Waals surface area contributed by atoms with Crippen LogP contribution in [0.1, 0.15) is 23.7 Å². The molecule has 3 N–H and O–H groups in total. The first kappa shape index (κ1) is 19.3. The SMILES string of the molecule is O.O=C=NC(CCO)C(=O)OC(c1ccccc1)c1ccccc1. The molecule has 6 heteroatoms. The molecule has 0 spiro atoms. The van der Waals surface area contributed by atoms with Crippen LogP contribution in [0.15, 0.2) is 65.7 Å². The van der Waals surface area contributed by atoms with Crippen LogP contribution in [0.2, 0.25) is 0 Å². The molecule has 1 unspecified atom stereocenters. The molecule has 0 bridgehead atoms. The number of nitrogens with zero attached hydrogens (tertiary/aromatic N) is 1. The molecule has 1 atom stereocenters. The molecule has 0 amide bonds. The second kappa shape index (κ2) is 10.1. The topological polar surface area (TPSA) is 107 Å². The summed E-state index contributed by atoms with van der Waals surface area (Å²) in [5, 5.41) is 8.98. The van der Waals surface area contributed by atoms with E-state index in [1.165, 1.54) is 6.08 Å². The molecule has 0 radical (unpaired) electrons. The summed E-state index contributed by atoms with van der Waals surface area (Å²) in [6.45, 7) is -0.272. The van der Waals surface area contributed by atoms with Crippen molar-refractivity contribution in [3.8, 4) is 0 Å². The van der Waals surface area contributed by atoms with Gasteiger partial charge in [-0.25, -0.2) is 9.59 Å². The first-order valence-corrected chi connectivity index (χ1v) is 7.24. The van der Waals surface area contributed by atoms with E-state index in [-0.39, 0.29) is 18.5 Å². The van der Waals surface area contributed by atoms with E-state index in [1.807, 2.05) is 60.7 Å². The Kier molecular flexibility index (Phi) is 8.08. The van der Waals surface area contributed by atoms with Crippen molar-refractivity contribution < 1.29 is 24.9 Å². The fourth-order valence-corrected chi connectivity index (χ4v) is 2.20. The maximum Gasteiger partial charge on any atom is 0.332 e. The fourth-order valence-electron chi connectivity index (χ4n) is 2.20.